The summed E-state index contributed by atoms with van der Waals surface area (Å²) in [7, 11) is 1.65. The molecule has 7 nitrogen and oxygen atoms in total. The molecule has 0 saturated heterocycles. The molecule has 4 rings (SSSR count). The molecule has 0 saturated carbocycles. The van der Waals surface area contributed by atoms with Gasteiger partial charge in [-0.2, -0.15) is 4.98 Å². The number of rotatable bonds is 4. The highest BCUT2D eigenvalue weighted by Crippen LogP contribution is 2.21. The van der Waals surface area contributed by atoms with Gasteiger partial charge in [0.2, 0.25) is 5.78 Å². The summed E-state index contributed by atoms with van der Waals surface area (Å²) in [6.45, 7) is 10.5. The van der Waals surface area contributed by atoms with Crippen molar-refractivity contribution in [1.82, 2.24) is 23.1 Å². The van der Waals surface area contributed by atoms with Gasteiger partial charge in [-0.05, 0) is 26.3 Å². The molecule has 7 heteroatoms. The van der Waals surface area contributed by atoms with Crippen LogP contribution in [-0.4, -0.2) is 23.1 Å². The van der Waals surface area contributed by atoms with E-state index in [2.05, 4.69) is 28.3 Å². The molecule has 0 bridgehead atoms. The highest BCUT2D eigenvalue weighted by Gasteiger charge is 2.22. The number of aryl methyl sites for hydroxylation is 2. The summed E-state index contributed by atoms with van der Waals surface area (Å²) >= 11 is 0. The predicted molar refractivity (Wildman–Crippen MR) is 110 cm³/mol. The SMILES string of the molecule is C=C(C)Cn1c(=O)c2c(nc3n(Cc4ccccc4)c(C)c(C)n23)n(C)c1=O. The lowest BCUT2D eigenvalue weighted by Crippen LogP contribution is -2.39. The van der Waals surface area contributed by atoms with Crippen molar-refractivity contribution >= 4 is 16.9 Å². The standard InChI is InChI=1S/C21H23N5O2/c1-13(2)11-25-19(27)17-18(23(5)21(25)28)22-20-24(14(3)15(4)26(17)20)12-16-9-7-6-8-10-16/h6-10H,1,11-12H2,2-5H3. The molecule has 3 heterocycles. The van der Waals surface area contributed by atoms with Crippen LogP contribution in [-0.2, 0) is 20.1 Å². The van der Waals surface area contributed by atoms with Crippen LogP contribution in [0.4, 0.5) is 0 Å². The van der Waals surface area contributed by atoms with Gasteiger partial charge in [0.15, 0.2) is 11.2 Å². The van der Waals surface area contributed by atoms with Crippen LogP contribution in [0.25, 0.3) is 16.9 Å². The third kappa shape index (κ3) is 2.54. The van der Waals surface area contributed by atoms with E-state index in [1.54, 1.807) is 14.0 Å². The maximum Gasteiger partial charge on any atom is 0.332 e. The summed E-state index contributed by atoms with van der Waals surface area (Å²) in [5.74, 6) is 0.661. The Balaban J connectivity index is 2.08. The van der Waals surface area contributed by atoms with Crippen LogP contribution in [0.5, 0.6) is 0 Å². The van der Waals surface area contributed by atoms with Crippen molar-refractivity contribution in [2.24, 2.45) is 7.05 Å². The fraction of sp³-hybridized carbons (Fsp3) is 0.286. The molecule has 0 spiro atoms. The molecular weight excluding hydrogens is 354 g/mol. The summed E-state index contributed by atoms with van der Waals surface area (Å²) in [6, 6.07) is 10.1. The van der Waals surface area contributed by atoms with E-state index in [-0.39, 0.29) is 17.8 Å². The van der Waals surface area contributed by atoms with E-state index in [9.17, 15) is 9.59 Å². The van der Waals surface area contributed by atoms with E-state index < -0.39 is 0 Å². The second-order valence-corrected chi connectivity index (χ2v) is 7.35. The molecule has 28 heavy (non-hydrogen) atoms. The Morgan fingerprint density at radius 1 is 1.07 bits per heavy atom. The number of hydrogen-bond acceptors (Lipinski definition) is 3. The van der Waals surface area contributed by atoms with Gasteiger partial charge in [-0.25, -0.2) is 4.79 Å². The quantitative estimate of drug-likeness (QED) is 0.513. The van der Waals surface area contributed by atoms with Gasteiger partial charge in [-0.3, -0.25) is 18.3 Å². The fourth-order valence-corrected chi connectivity index (χ4v) is 3.68. The lowest BCUT2D eigenvalue weighted by atomic mass is 10.2. The molecule has 0 aliphatic heterocycles. The zero-order chi connectivity index (χ0) is 20.2. The van der Waals surface area contributed by atoms with Crippen molar-refractivity contribution in [2.45, 2.75) is 33.9 Å². The summed E-state index contributed by atoms with van der Waals surface area (Å²) in [6.07, 6.45) is 0. The Hall–Kier alpha value is -3.35. The highest BCUT2D eigenvalue weighted by atomic mass is 16.2. The molecule has 0 amide bonds. The van der Waals surface area contributed by atoms with E-state index >= 15 is 0 Å². The predicted octanol–water partition coefficient (Wildman–Crippen LogP) is 2.39. The van der Waals surface area contributed by atoms with E-state index in [1.807, 2.05) is 36.4 Å². The van der Waals surface area contributed by atoms with Crippen molar-refractivity contribution < 1.29 is 0 Å². The third-order valence-corrected chi connectivity index (χ3v) is 5.24. The number of imidazole rings is 2. The van der Waals surface area contributed by atoms with Gasteiger partial charge in [0.05, 0.1) is 13.1 Å². The Kier molecular flexibility index (Phi) is 4.10. The average molecular weight is 377 g/mol. The average Bonchev–Trinajstić information content (AvgIpc) is 3.16. The number of allylic oxidation sites excluding steroid dienone is 1. The summed E-state index contributed by atoms with van der Waals surface area (Å²) in [4.78, 5) is 30.6. The molecule has 0 radical (unpaired) electrons. The van der Waals surface area contributed by atoms with Crippen molar-refractivity contribution in [2.75, 3.05) is 0 Å². The first-order chi connectivity index (χ1) is 13.3. The molecule has 0 aliphatic carbocycles. The third-order valence-electron chi connectivity index (χ3n) is 5.24. The summed E-state index contributed by atoms with van der Waals surface area (Å²) in [5.41, 5.74) is 3.95. The first-order valence-electron chi connectivity index (χ1n) is 9.17. The maximum absolute atomic E-state index is 13.2. The molecule has 0 N–H and O–H groups in total. The fourth-order valence-electron chi connectivity index (χ4n) is 3.68. The lowest BCUT2D eigenvalue weighted by molar-refractivity contribution is 0.650. The van der Waals surface area contributed by atoms with Crippen molar-refractivity contribution in [3.63, 3.8) is 0 Å². The smallest absolute Gasteiger partial charge is 0.309 e. The molecule has 0 fully saturated rings. The molecular formula is C21H23N5O2. The van der Waals surface area contributed by atoms with Crippen LogP contribution < -0.4 is 11.2 Å². The maximum atomic E-state index is 13.2. The number of nitrogens with zero attached hydrogens (tertiary/aromatic N) is 5. The monoisotopic (exact) mass is 377 g/mol. The van der Waals surface area contributed by atoms with Gasteiger partial charge in [-0.15, -0.1) is 0 Å². The zero-order valence-corrected chi connectivity index (χ0v) is 16.6. The number of aromatic nitrogens is 5. The second kappa shape index (κ2) is 6.37. The second-order valence-electron chi connectivity index (χ2n) is 7.35. The molecule has 1 aromatic carbocycles. The van der Waals surface area contributed by atoms with E-state index in [4.69, 9.17) is 0 Å². The van der Waals surface area contributed by atoms with E-state index in [0.29, 0.717) is 23.5 Å². The van der Waals surface area contributed by atoms with Gasteiger partial charge in [0.1, 0.15) is 0 Å². The van der Waals surface area contributed by atoms with Crippen LogP contribution in [0.15, 0.2) is 52.1 Å². The van der Waals surface area contributed by atoms with E-state index in [0.717, 1.165) is 22.5 Å². The highest BCUT2D eigenvalue weighted by molar-refractivity contribution is 5.76. The number of hydrogen-bond donors (Lipinski definition) is 0. The van der Waals surface area contributed by atoms with Crippen LogP contribution in [0.3, 0.4) is 0 Å². The molecule has 0 aliphatic rings. The van der Waals surface area contributed by atoms with Crippen molar-refractivity contribution in [3.05, 3.63) is 80.3 Å². The molecule has 3 aromatic heterocycles. The van der Waals surface area contributed by atoms with E-state index in [1.165, 1.54) is 9.13 Å². The number of benzene rings is 1. The lowest BCUT2D eigenvalue weighted by Gasteiger charge is -2.08. The molecule has 0 unspecified atom stereocenters. The minimum atomic E-state index is -0.384. The largest absolute Gasteiger partial charge is 0.332 e. The topological polar surface area (TPSA) is 66.2 Å². The van der Waals surface area contributed by atoms with Crippen molar-refractivity contribution in [1.29, 1.82) is 0 Å². The summed E-state index contributed by atoms with van der Waals surface area (Å²) < 4.78 is 6.61. The van der Waals surface area contributed by atoms with Gasteiger partial charge >= 0.3 is 5.69 Å². The molecule has 144 valence electrons. The molecule has 0 atom stereocenters. The summed E-state index contributed by atoms with van der Waals surface area (Å²) in [5, 5.41) is 0. The van der Waals surface area contributed by atoms with Gasteiger partial charge in [0.25, 0.3) is 5.56 Å². The first-order valence-corrected chi connectivity index (χ1v) is 9.17. The van der Waals surface area contributed by atoms with Crippen LogP contribution in [0.1, 0.15) is 23.9 Å². The number of fused-ring (bicyclic) bond motifs is 3. The Bertz CT molecular complexity index is 1350. The minimum absolute atomic E-state index is 0.192. The molecule has 4 aromatic rings. The van der Waals surface area contributed by atoms with Crippen molar-refractivity contribution in [3.8, 4) is 0 Å². The van der Waals surface area contributed by atoms with Crippen LogP contribution >= 0.6 is 0 Å². The minimum Gasteiger partial charge on any atom is -0.309 e. The van der Waals surface area contributed by atoms with Gasteiger partial charge < -0.3 is 4.57 Å². The Morgan fingerprint density at radius 3 is 2.39 bits per heavy atom. The van der Waals surface area contributed by atoms with Gasteiger partial charge in [-0.1, -0.05) is 42.5 Å². The Labute approximate surface area is 161 Å². The van der Waals surface area contributed by atoms with Crippen LogP contribution in [0, 0.1) is 13.8 Å². The first kappa shape index (κ1) is 18.0. The zero-order valence-electron chi connectivity index (χ0n) is 16.6. The normalized spacial score (nSPS) is 11.6. The van der Waals surface area contributed by atoms with Crippen LogP contribution in [0.2, 0.25) is 0 Å². The van der Waals surface area contributed by atoms with Gasteiger partial charge in [0, 0.05) is 18.4 Å². The Morgan fingerprint density at radius 2 is 1.75 bits per heavy atom.